The van der Waals surface area contributed by atoms with Crippen LogP contribution in [0.1, 0.15) is 45.4 Å². The van der Waals surface area contributed by atoms with Gasteiger partial charge in [0.15, 0.2) is 0 Å². The van der Waals surface area contributed by atoms with E-state index in [-0.39, 0.29) is 11.8 Å². The van der Waals surface area contributed by atoms with Crippen LogP contribution in [0, 0.1) is 5.92 Å². The van der Waals surface area contributed by atoms with Gasteiger partial charge in [-0.05, 0) is 12.8 Å². The molecule has 0 aliphatic rings. The van der Waals surface area contributed by atoms with Crippen molar-refractivity contribution in [2.45, 2.75) is 45.4 Å². The molecule has 1 atom stereocenters. The molecule has 0 saturated carbocycles. The van der Waals surface area contributed by atoms with Crippen molar-refractivity contribution in [3.05, 3.63) is 12.7 Å². The Hall–Kier alpha value is -0.790. The van der Waals surface area contributed by atoms with Gasteiger partial charge in [-0.15, -0.1) is 6.58 Å². The summed E-state index contributed by atoms with van der Waals surface area (Å²) in [6.45, 7) is 5.80. The van der Waals surface area contributed by atoms with Crippen LogP contribution >= 0.6 is 0 Å². The Balaban J connectivity index is 3.56. The van der Waals surface area contributed by atoms with Gasteiger partial charge in [0.2, 0.25) is 5.91 Å². The second-order valence-electron chi connectivity index (χ2n) is 3.47. The van der Waals surface area contributed by atoms with E-state index in [1.807, 2.05) is 0 Å². The molecule has 76 valence electrons. The minimum absolute atomic E-state index is 0.00866. The first-order chi connectivity index (χ1) is 6.22. The first-order valence-corrected chi connectivity index (χ1v) is 5.12. The van der Waals surface area contributed by atoms with Crippen LogP contribution in [0.25, 0.3) is 0 Å². The van der Waals surface area contributed by atoms with Crippen molar-refractivity contribution in [2.75, 3.05) is 0 Å². The molecule has 0 saturated heterocycles. The lowest BCUT2D eigenvalue weighted by atomic mass is 9.97. The maximum absolute atomic E-state index is 10.9. The van der Waals surface area contributed by atoms with Gasteiger partial charge in [0.05, 0.1) is 0 Å². The summed E-state index contributed by atoms with van der Waals surface area (Å²) in [5, 5.41) is 0. The van der Waals surface area contributed by atoms with Crippen LogP contribution in [0.15, 0.2) is 12.7 Å². The van der Waals surface area contributed by atoms with Gasteiger partial charge in [-0.2, -0.15) is 0 Å². The fourth-order valence-electron chi connectivity index (χ4n) is 1.39. The van der Waals surface area contributed by atoms with Gasteiger partial charge in [0.25, 0.3) is 0 Å². The molecule has 0 aromatic carbocycles. The Morgan fingerprint density at radius 3 is 2.62 bits per heavy atom. The quantitative estimate of drug-likeness (QED) is 0.456. The Labute approximate surface area is 81.2 Å². The van der Waals surface area contributed by atoms with E-state index in [0.717, 1.165) is 19.3 Å². The number of hydrogen-bond donors (Lipinski definition) is 1. The Morgan fingerprint density at radius 1 is 1.46 bits per heavy atom. The highest BCUT2D eigenvalue weighted by atomic mass is 16.1. The van der Waals surface area contributed by atoms with E-state index in [9.17, 15) is 4.79 Å². The summed E-state index contributed by atoms with van der Waals surface area (Å²) in [6, 6.07) is 0. The van der Waals surface area contributed by atoms with Crippen molar-refractivity contribution >= 4 is 5.91 Å². The van der Waals surface area contributed by atoms with Crippen LogP contribution in [-0.4, -0.2) is 5.91 Å². The number of nitrogens with two attached hydrogens (primary N) is 1. The molecular weight excluding hydrogens is 162 g/mol. The van der Waals surface area contributed by atoms with Crippen LogP contribution in [0.4, 0.5) is 0 Å². The molecule has 0 radical (unpaired) electrons. The number of amides is 1. The molecule has 1 amide bonds. The minimum atomic E-state index is -0.184. The molecule has 0 rings (SSSR count). The third-order valence-corrected chi connectivity index (χ3v) is 2.26. The minimum Gasteiger partial charge on any atom is -0.369 e. The van der Waals surface area contributed by atoms with Crippen LogP contribution in [0.3, 0.4) is 0 Å². The molecule has 0 heterocycles. The average molecular weight is 183 g/mol. The lowest BCUT2D eigenvalue weighted by Gasteiger charge is -2.09. The molecule has 13 heavy (non-hydrogen) atoms. The van der Waals surface area contributed by atoms with E-state index in [4.69, 9.17) is 5.73 Å². The van der Waals surface area contributed by atoms with E-state index in [2.05, 4.69) is 13.5 Å². The van der Waals surface area contributed by atoms with Crippen molar-refractivity contribution < 1.29 is 4.79 Å². The number of rotatable bonds is 8. The van der Waals surface area contributed by atoms with Crippen molar-refractivity contribution in [1.82, 2.24) is 0 Å². The predicted octanol–water partition coefficient (Wildman–Crippen LogP) is 2.63. The summed E-state index contributed by atoms with van der Waals surface area (Å²) in [6.07, 6.45) is 8.20. The highest BCUT2D eigenvalue weighted by molar-refractivity contribution is 5.76. The second kappa shape index (κ2) is 7.84. The van der Waals surface area contributed by atoms with Crippen molar-refractivity contribution in [3.8, 4) is 0 Å². The maximum atomic E-state index is 10.9. The molecule has 0 aliphatic heterocycles. The summed E-state index contributed by atoms with van der Waals surface area (Å²) in [7, 11) is 0. The highest BCUT2D eigenvalue weighted by Crippen LogP contribution is 2.14. The summed E-state index contributed by atoms with van der Waals surface area (Å²) < 4.78 is 0. The SMILES string of the molecule is C=CCC(CCCCCC)C(N)=O. The zero-order valence-electron chi connectivity index (χ0n) is 8.59. The zero-order valence-corrected chi connectivity index (χ0v) is 8.59. The molecule has 0 fully saturated rings. The number of hydrogen-bond acceptors (Lipinski definition) is 1. The van der Waals surface area contributed by atoms with Crippen molar-refractivity contribution in [1.29, 1.82) is 0 Å². The van der Waals surface area contributed by atoms with E-state index in [1.54, 1.807) is 6.08 Å². The lowest BCUT2D eigenvalue weighted by molar-refractivity contribution is -0.121. The number of carbonyl (C=O) groups excluding carboxylic acids is 1. The third-order valence-electron chi connectivity index (χ3n) is 2.26. The third kappa shape index (κ3) is 6.38. The number of allylic oxidation sites excluding steroid dienone is 1. The molecule has 0 aromatic heterocycles. The molecular formula is C11H21NO. The smallest absolute Gasteiger partial charge is 0.220 e. The van der Waals surface area contributed by atoms with Gasteiger partial charge in [0.1, 0.15) is 0 Å². The van der Waals surface area contributed by atoms with E-state index >= 15 is 0 Å². The molecule has 2 N–H and O–H groups in total. The van der Waals surface area contributed by atoms with E-state index in [1.165, 1.54) is 19.3 Å². The molecule has 0 bridgehead atoms. The van der Waals surface area contributed by atoms with Crippen LogP contribution < -0.4 is 5.73 Å². The average Bonchev–Trinajstić information content (AvgIpc) is 2.10. The van der Waals surface area contributed by atoms with Crippen LogP contribution in [0.5, 0.6) is 0 Å². The highest BCUT2D eigenvalue weighted by Gasteiger charge is 2.12. The molecule has 2 nitrogen and oxygen atoms in total. The Kier molecular flexibility index (Phi) is 7.36. The number of carbonyl (C=O) groups is 1. The van der Waals surface area contributed by atoms with E-state index in [0.29, 0.717) is 0 Å². The summed E-state index contributed by atoms with van der Waals surface area (Å²) in [5.74, 6) is -0.175. The first kappa shape index (κ1) is 12.2. The Bertz CT molecular complexity index is 154. The second-order valence-corrected chi connectivity index (χ2v) is 3.47. The van der Waals surface area contributed by atoms with Gasteiger partial charge in [-0.1, -0.05) is 38.7 Å². The summed E-state index contributed by atoms with van der Waals surface area (Å²) >= 11 is 0. The van der Waals surface area contributed by atoms with Crippen LogP contribution in [0.2, 0.25) is 0 Å². The van der Waals surface area contributed by atoms with Gasteiger partial charge < -0.3 is 5.73 Å². The topological polar surface area (TPSA) is 43.1 Å². The first-order valence-electron chi connectivity index (χ1n) is 5.12. The fraction of sp³-hybridized carbons (Fsp3) is 0.727. The van der Waals surface area contributed by atoms with Gasteiger partial charge in [0, 0.05) is 5.92 Å². The van der Waals surface area contributed by atoms with Gasteiger partial charge in [-0.25, -0.2) is 0 Å². The predicted molar refractivity (Wildman–Crippen MR) is 56.3 cm³/mol. The standard InChI is InChI=1S/C11H21NO/c1-3-5-6-7-9-10(8-4-2)11(12)13/h4,10H,2-3,5-9H2,1H3,(H2,12,13). The maximum Gasteiger partial charge on any atom is 0.220 e. The summed E-state index contributed by atoms with van der Waals surface area (Å²) in [5.41, 5.74) is 5.25. The molecule has 0 spiro atoms. The van der Waals surface area contributed by atoms with Gasteiger partial charge in [-0.3, -0.25) is 4.79 Å². The fourth-order valence-corrected chi connectivity index (χ4v) is 1.39. The monoisotopic (exact) mass is 183 g/mol. The molecule has 1 unspecified atom stereocenters. The largest absolute Gasteiger partial charge is 0.369 e. The van der Waals surface area contributed by atoms with E-state index < -0.39 is 0 Å². The summed E-state index contributed by atoms with van der Waals surface area (Å²) in [4.78, 5) is 10.9. The molecule has 2 heteroatoms. The molecule has 0 aromatic rings. The Morgan fingerprint density at radius 2 is 2.15 bits per heavy atom. The van der Waals surface area contributed by atoms with Crippen LogP contribution in [-0.2, 0) is 4.79 Å². The van der Waals surface area contributed by atoms with Gasteiger partial charge >= 0.3 is 0 Å². The molecule has 0 aliphatic carbocycles. The lowest BCUT2D eigenvalue weighted by Crippen LogP contribution is -2.22. The number of unbranched alkanes of at least 4 members (excludes halogenated alkanes) is 3. The van der Waals surface area contributed by atoms with Crippen molar-refractivity contribution in [2.24, 2.45) is 11.7 Å². The zero-order chi connectivity index (χ0) is 10.1. The van der Waals surface area contributed by atoms with Crippen molar-refractivity contribution in [3.63, 3.8) is 0 Å². The number of primary amides is 1. The normalized spacial score (nSPS) is 12.4.